The Morgan fingerprint density at radius 1 is 1.21 bits per heavy atom. The van der Waals surface area contributed by atoms with E-state index in [0.29, 0.717) is 5.92 Å². The molecule has 0 radical (unpaired) electrons. The van der Waals surface area contributed by atoms with Crippen molar-refractivity contribution in [2.75, 3.05) is 14.1 Å². The second kappa shape index (κ2) is 7.54. The summed E-state index contributed by atoms with van der Waals surface area (Å²) in [5, 5.41) is 8.89. The van der Waals surface area contributed by atoms with Gasteiger partial charge in [0.05, 0.1) is 0 Å². The fraction of sp³-hybridized carbons (Fsp3) is 0.500. The fourth-order valence-corrected chi connectivity index (χ4v) is 1.02. The van der Waals surface area contributed by atoms with E-state index >= 15 is 0 Å². The third-order valence-corrected chi connectivity index (χ3v) is 1.98. The molecule has 1 aromatic rings. The van der Waals surface area contributed by atoms with Gasteiger partial charge in [-0.2, -0.15) is 5.06 Å². The highest BCUT2D eigenvalue weighted by molar-refractivity contribution is 5.18. The highest BCUT2D eigenvalue weighted by Crippen LogP contribution is 2.16. The molecular formula is C12H21NO. The minimum absolute atomic E-state index is 0.709. The van der Waals surface area contributed by atoms with Gasteiger partial charge in [-0.25, -0.2) is 0 Å². The van der Waals surface area contributed by atoms with Crippen LogP contribution < -0.4 is 0 Å². The van der Waals surface area contributed by atoms with Gasteiger partial charge in [0, 0.05) is 14.1 Å². The average Bonchev–Trinajstić information content (AvgIpc) is 2.17. The Hall–Kier alpha value is -0.860. The van der Waals surface area contributed by atoms with Gasteiger partial charge in [0.15, 0.2) is 0 Å². The molecule has 2 nitrogen and oxygen atoms in total. The number of nitrogens with zero attached hydrogens (tertiary/aromatic N) is 1. The first-order valence-electron chi connectivity index (χ1n) is 4.99. The highest BCUT2D eigenvalue weighted by atomic mass is 16.5. The molecule has 0 spiro atoms. The van der Waals surface area contributed by atoms with Gasteiger partial charge < -0.3 is 5.21 Å². The second-order valence-corrected chi connectivity index (χ2v) is 3.57. The molecule has 0 aliphatic rings. The van der Waals surface area contributed by atoms with E-state index in [4.69, 9.17) is 5.21 Å². The topological polar surface area (TPSA) is 23.5 Å². The second-order valence-electron chi connectivity index (χ2n) is 3.57. The molecule has 1 rings (SSSR count). The van der Waals surface area contributed by atoms with E-state index in [1.54, 1.807) is 14.1 Å². The molecule has 14 heavy (non-hydrogen) atoms. The van der Waals surface area contributed by atoms with Crippen LogP contribution in [-0.2, 0) is 0 Å². The van der Waals surface area contributed by atoms with Crippen LogP contribution in [0.25, 0.3) is 0 Å². The molecule has 1 unspecified atom stereocenters. The Balaban J connectivity index is 0.000000364. The number of hydrogen-bond acceptors (Lipinski definition) is 2. The van der Waals surface area contributed by atoms with Crippen molar-refractivity contribution in [3.05, 3.63) is 35.9 Å². The number of hydroxylamine groups is 2. The maximum atomic E-state index is 7.89. The summed E-state index contributed by atoms with van der Waals surface area (Å²) in [6, 6.07) is 10.6. The molecule has 0 heterocycles. The van der Waals surface area contributed by atoms with Crippen LogP contribution in [0.1, 0.15) is 31.7 Å². The smallest absolute Gasteiger partial charge is 0.0121 e. The quantitative estimate of drug-likeness (QED) is 0.733. The molecule has 0 aromatic heterocycles. The molecule has 2 heteroatoms. The summed E-state index contributed by atoms with van der Waals surface area (Å²) in [7, 11) is 3.11. The predicted molar refractivity (Wildman–Crippen MR) is 60.6 cm³/mol. The largest absolute Gasteiger partial charge is 0.315 e. The average molecular weight is 195 g/mol. The highest BCUT2D eigenvalue weighted by Gasteiger charge is 1.98. The van der Waals surface area contributed by atoms with Crippen LogP contribution in [0, 0.1) is 0 Å². The molecule has 1 atom stereocenters. The van der Waals surface area contributed by atoms with Crippen LogP contribution in [0.3, 0.4) is 0 Å². The fourth-order valence-electron chi connectivity index (χ4n) is 1.02. The standard InChI is InChI=1S/C10H14.C2H7NO/c1-3-9(2)10-7-5-4-6-8-10;1-3(2)4/h4-9H,3H2,1-2H3;4H,1-2H3. The minimum atomic E-state index is 0.709. The van der Waals surface area contributed by atoms with Crippen molar-refractivity contribution in [1.82, 2.24) is 5.06 Å². The van der Waals surface area contributed by atoms with Crippen LogP contribution in [0.4, 0.5) is 0 Å². The zero-order valence-corrected chi connectivity index (χ0v) is 9.57. The van der Waals surface area contributed by atoms with Crippen molar-refractivity contribution in [2.24, 2.45) is 0 Å². The zero-order chi connectivity index (χ0) is 11.0. The van der Waals surface area contributed by atoms with Crippen LogP contribution in [0.15, 0.2) is 30.3 Å². The lowest BCUT2D eigenvalue weighted by atomic mass is 9.99. The van der Waals surface area contributed by atoms with Gasteiger partial charge in [0.1, 0.15) is 0 Å². The predicted octanol–water partition coefficient (Wildman–Crippen LogP) is 3.14. The molecule has 0 saturated heterocycles. The summed E-state index contributed by atoms with van der Waals surface area (Å²) in [5.41, 5.74) is 1.45. The lowest BCUT2D eigenvalue weighted by Crippen LogP contribution is -2.01. The third kappa shape index (κ3) is 6.63. The molecule has 1 aromatic carbocycles. The van der Waals surface area contributed by atoms with Gasteiger partial charge >= 0.3 is 0 Å². The molecular weight excluding hydrogens is 174 g/mol. The molecule has 1 N–H and O–H groups in total. The van der Waals surface area contributed by atoms with Crippen molar-refractivity contribution in [2.45, 2.75) is 26.2 Å². The van der Waals surface area contributed by atoms with Crippen molar-refractivity contribution in [3.8, 4) is 0 Å². The molecule has 0 aliphatic carbocycles. The third-order valence-electron chi connectivity index (χ3n) is 1.98. The number of rotatable bonds is 2. The first kappa shape index (κ1) is 13.1. The van der Waals surface area contributed by atoms with E-state index in [0.717, 1.165) is 5.06 Å². The Kier molecular flexibility index (Phi) is 7.07. The van der Waals surface area contributed by atoms with Gasteiger partial charge in [-0.3, -0.25) is 0 Å². The van der Waals surface area contributed by atoms with Crippen LogP contribution >= 0.6 is 0 Å². The van der Waals surface area contributed by atoms with E-state index in [-0.39, 0.29) is 0 Å². The van der Waals surface area contributed by atoms with Crippen molar-refractivity contribution < 1.29 is 5.21 Å². The summed E-state index contributed by atoms with van der Waals surface area (Å²) in [5.74, 6) is 0.709. The van der Waals surface area contributed by atoms with Crippen molar-refractivity contribution in [3.63, 3.8) is 0 Å². The first-order valence-corrected chi connectivity index (χ1v) is 4.99. The summed E-state index contributed by atoms with van der Waals surface area (Å²) >= 11 is 0. The molecule has 0 aliphatic heterocycles. The summed E-state index contributed by atoms with van der Waals surface area (Å²) in [6.07, 6.45) is 1.23. The summed E-state index contributed by atoms with van der Waals surface area (Å²) in [6.45, 7) is 4.48. The van der Waals surface area contributed by atoms with Crippen LogP contribution in [0.5, 0.6) is 0 Å². The van der Waals surface area contributed by atoms with E-state index in [9.17, 15) is 0 Å². The monoisotopic (exact) mass is 195 g/mol. The van der Waals surface area contributed by atoms with E-state index in [1.807, 2.05) is 0 Å². The normalized spacial score (nSPS) is 11.9. The van der Waals surface area contributed by atoms with Gasteiger partial charge in [0.2, 0.25) is 0 Å². The van der Waals surface area contributed by atoms with Gasteiger partial charge in [-0.15, -0.1) is 0 Å². The maximum absolute atomic E-state index is 7.89. The van der Waals surface area contributed by atoms with Gasteiger partial charge in [-0.1, -0.05) is 44.2 Å². The maximum Gasteiger partial charge on any atom is 0.0121 e. The SMILES string of the molecule is CCC(C)c1ccccc1.CN(C)O. The Labute approximate surface area is 87.1 Å². The summed E-state index contributed by atoms with van der Waals surface area (Å²) in [4.78, 5) is 0. The molecule has 80 valence electrons. The van der Waals surface area contributed by atoms with Crippen LogP contribution in [-0.4, -0.2) is 24.4 Å². The van der Waals surface area contributed by atoms with Gasteiger partial charge in [0.25, 0.3) is 0 Å². The molecule has 0 bridgehead atoms. The Bertz CT molecular complexity index is 218. The van der Waals surface area contributed by atoms with E-state index < -0.39 is 0 Å². The summed E-state index contributed by atoms with van der Waals surface area (Å²) < 4.78 is 0. The Morgan fingerprint density at radius 3 is 2.00 bits per heavy atom. The zero-order valence-electron chi connectivity index (χ0n) is 9.57. The molecule has 0 saturated carbocycles. The first-order chi connectivity index (χ1) is 6.57. The molecule has 0 amide bonds. The lowest BCUT2D eigenvalue weighted by Gasteiger charge is -2.06. The van der Waals surface area contributed by atoms with Crippen LogP contribution in [0.2, 0.25) is 0 Å². The lowest BCUT2D eigenvalue weighted by molar-refractivity contribution is -0.0372. The molecule has 0 fully saturated rings. The Morgan fingerprint density at radius 2 is 1.64 bits per heavy atom. The number of benzene rings is 1. The number of hydrogen-bond donors (Lipinski definition) is 1. The van der Waals surface area contributed by atoms with Crippen molar-refractivity contribution in [1.29, 1.82) is 0 Å². The van der Waals surface area contributed by atoms with E-state index in [2.05, 4.69) is 44.2 Å². The van der Waals surface area contributed by atoms with Gasteiger partial charge in [-0.05, 0) is 17.9 Å². The van der Waals surface area contributed by atoms with Crippen molar-refractivity contribution >= 4 is 0 Å². The minimum Gasteiger partial charge on any atom is -0.315 e. The van der Waals surface area contributed by atoms with E-state index in [1.165, 1.54) is 12.0 Å².